The van der Waals surface area contributed by atoms with E-state index < -0.39 is 9.85 Å². The molecule has 0 amide bonds. The zero-order valence-electron chi connectivity index (χ0n) is 12.6. The molecule has 0 spiro atoms. The number of hydrogen-bond donors (Lipinski definition) is 0. The second-order valence-corrected chi connectivity index (χ2v) is 5.73. The molecular weight excluding hydrogens is 310 g/mol. The van der Waals surface area contributed by atoms with Gasteiger partial charge in [-0.2, -0.15) is 5.26 Å². The van der Waals surface area contributed by atoms with Crippen LogP contribution in [0.2, 0.25) is 0 Å². The molecule has 7 nitrogen and oxygen atoms in total. The van der Waals surface area contributed by atoms with Crippen molar-refractivity contribution in [1.29, 1.82) is 5.26 Å². The molecule has 1 atom stereocenters. The second-order valence-electron chi connectivity index (χ2n) is 5.73. The number of benzene rings is 2. The summed E-state index contributed by atoms with van der Waals surface area (Å²) in [7, 11) is 0. The van der Waals surface area contributed by atoms with E-state index in [-0.39, 0.29) is 22.9 Å². The van der Waals surface area contributed by atoms with Gasteiger partial charge in [-0.1, -0.05) is 12.1 Å². The Bertz CT molecular complexity index is 869. The summed E-state index contributed by atoms with van der Waals surface area (Å²) in [6, 6.07) is 11.2. The van der Waals surface area contributed by atoms with Gasteiger partial charge in [0, 0.05) is 29.7 Å². The number of nitriles is 1. The fraction of sp³-hybridized carbons (Fsp3) is 0.235. The van der Waals surface area contributed by atoms with Gasteiger partial charge >= 0.3 is 0 Å². The third kappa shape index (κ3) is 2.70. The number of nitro groups is 2. The molecule has 0 bridgehead atoms. The van der Waals surface area contributed by atoms with Gasteiger partial charge in [0.15, 0.2) is 0 Å². The number of nitro benzene ring substituents is 2. The summed E-state index contributed by atoms with van der Waals surface area (Å²) in [5.74, 6) is -0.0958. The van der Waals surface area contributed by atoms with E-state index in [0.29, 0.717) is 12.0 Å². The fourth-order valence-corrected chi connectivity index (χ4v) is 3.30. The van der Waals surface area contributed by atoms with E-state index in [2.05, 4.69) is 0 Å². The third-order valence-corrected chi connectivity index (χ3v) is 4.39. The molecule has 0 aliphatic heterocycles. The van der Waals surface area contributed by atoms with Crippen molar-refractivity contribution < 1.29 is 9.85 Å². The summed E-state index contributed by atoms with van der Waals surface area (Å²) in [5.41, 5.74) is 2.55. The number of non-ortho nitro benzene ring substituents is 1. The van der Waals surface area contributed by atoms with E-state index in [9.17, 15) is 20.2 Å². The summed E-state index contributed by atoms with van der Waals surface area (Å²) >= 11 is 0. The van der Waals surface area contributed by atoms with Crippen molar-refractivity contribution in [2.45, 2.75) is 25.2 Å². The number of hydrogen-bond acceptors (Lipinski definition) is 5. The van der Waals surface area contributed by atoms with Crippen LogP contribution in [0.3, 0.4) is 0 Å². The highest BCUT2D eigenvalue weighted by molar-refractivity contribution is 5.56. The third-order valence-electron chi connectivity index (χ3n) is 4.39. The van der Waals surface area contributed by atoms with Crippen LogP contribution in [-0.4, -0.2) is 9.85 Å². The SMILES string of the molecule is N#Cc1cc2c(c([N+](=O)[O-])c1)CCCC2c1ccc([N+](=O)[O-])cc1. The Morgan fingerprint density at radius 1 is 1.08 bits per heavy atom. The Hall–Kier alpha value is -3.27. The van der Waals surface area contributed by atoms with Crippen molar-refractivity contribution in [3.63, 3.8) is 0 Å². The molecule has 0 saturated heterocycles. The van der Waals surface area contributed by atoms with Crippen LogP contribution in [0.25, 0.3) is 0 Å². The minimum absolute atomic E-state index is 0.00605. The first-order valence-corrected chi connectivity index (χ1v) is 7.47. The van der Waals surface area contributed by atoms with Gasteiger partial charge in [0.2, 0.25) is 0 Å². The highest BCUT2D eigenvalue weighted by Crippen LogP contribution is 2.41. The monoisotopic (exact) mass is 323 g/mol. The van der Waals surface area contributed by atoms with Crippen LogP contribution in [-0.2, 0) is 6.42 Å². The molecule has 7 heteroatoms. The van der Waals surface area contributed by atoms with Crippen molar-refractivity contribution in [2.24, 2.45) is 0 Å². The number of nitrogens with zero attached hydrogens (tertiary/aromatic N) is 3. The van der Waals surface area contributed by atoms with E-state index in [1.54, 1.807) is 18.2 Å². The van der Waals surface area contributed by atoms with Crippen LogP contribution in [0.4, 0.5) is 11.4 Å². The van der Waals surface area contributed by atoms with Gasteiger partial charge in [0.05, 0.1) is 21.5 Å². The predicted molar refractivity (Wildman–Crippen MR) is 85.7 cm³/mol. The number of rotatable bonds is 3. The molecule has 0 aromatic heterocycles. The summed E-state index contributed by atoms with van der Waals surface area (Å²) < 4.78 is 0. The maximum absolute atomic E-state index is 11.3. The average Bonchev–Trinajstić information content (AvgIpc) is 2.60. The molecule has 0 radical (unpaired) electrons. The summed E-state index contributed by atoms with van der Waals surface area (Å²) in [4.78, 5) is 21.2. The molecule has 1 aliphatic rings. The highest BCUT2D eigenvalue weighted by Gasteiger charge is 2.29. The molecule has 0 fully saturated rings. The topological polar surface area (TPSA) is 110 Å². The first-order chi connectivity index (χ1) is 11.5. The van der Waals surface area contributed by atoms with Crippen LogP contribution in [0.5, 0.6) is 0 Å². The van der Waals surface area contributed by atoms with Gasteiger partial charge in [0.1, 0.15) is 0 Å². The standard InChI is InChI=1S/C17H13N3O4/c18-10-11-8-16-14(12-4-6-13(7-5-12)19(21)22)2-1-3-15(16)17(9-11)20(23)24/h4-9,14H,1-3H2. The minimum atomic E-state index is -0.461. The molecule has 2 aromatic rings. The highest BCUT2D eigenvalue weighted by atomic mass is 16.6. The van der Waals surface area contributed by atoms with Gasteiger partial charge in [-0.05, 0) is 36.5 Å². The van der Waals surface area contributed by atoms with Crippen molar-refractivity contribution in [1.82, 2.24) is 0 Å². The normalized spacial score (nSPS) is 16.0. The lowest BCUT2D eigenvalue weighted by molar-refractivity contribution is -0.385. The maximum Gasteiger partial charge on any atom is 0.274 e. The van der Waals surface area contributed by atoms with Crippen LogP contribution < -0.4 is 0 Å². The van der Waals surface area contributed by atoms with E-state index in [4.69, 9.17) is 5.26 Å². The second kappa shape index (κ2) is 6.08. The van der Waals surface area contributed by atoms with E-state index in [0.717, 1.165) is 24.0 Å². The predicted octanol–water partition coefficient (Wildman–Crippen LogP) is 3.84. The Balaban J connectivity index is 2.11. The van der Waals surface area contributed by atoms with Crippen molar-refractivity contribution in [3.8, 4) is 6.07 Å². The van der Waals surface area contributed by atoms with Crippen molar-refractivity contribution in [3.05, 3.63) is 78.9 Å². The number of fused-ring (bicyclic) bond motifs is 1. The van der Waals surface area contributed by atoms with Gasteiger partial charge in [0.25, 0.3) is 11.4 Å². The molecule has 24 heavy (non-hydrogen) atoms. The van der Waals surface area contributed by atoms with E-state index >= 15 is 0 Å². The van der Waals surface area contributed by atoms with Crippen LogP contribution >= 0.6 is 0 Å². The first kappa shape index (κ1) is 15.6. The minimum Gasteiger partial charge on any atom is -0.258 e. The summed E-state index contributed by atoms with van der Waals surface area (Å²) in [6.07, 6.45) is 2.18. The smallest absolute Gasteiger partial charge is 0.258 e. The Kier molecular flexibility index (Phi) is 3.96. The average molecular weight is 323 g/mol. The summed E-state index contributed by atoms with van der Waals surface area (Å²) in [5, 5.41) is 31.3. The van der Waals surface area contributed by atoms with Crippen LogP contribution in [0.1, 0.15) is 41.0 Å². The summed E-state index contributed by atoms with van der Waals surface area (Å²) in [6.45, 7) is 0. The van der Waals surface area contributed by atoms with E-state index in [1.165, 1.54) is 18.2 Å². The lowest BCUT2D eigenvalue weighted by atomic mass is 9.77. The molecule has 0 heterocycles. The largest absolute Gasteiger partial charge is 0.274 e. The fourth-order valence-electron chi connectivity index (χ4n) is 3.30. The molecule has 1 unspecified atom stereocenters. The zero-order valence-corrected chi connectivity index (χ0v) is 12.6. The lowest BCUT2D eigenvalue weighted by Gasteiger charge is -2.26. The molecule has 0 saturated carbocycles. The molecule has 1 aliphatic carbocycles. The Morgan fingerprint density at radius 2 is 1.79 bits per heavy atom. The molecule has 3 rings (SSSR count). The van der Waals surface area contributed by atoms with E-state index in [1.807, 2.05) is 6.07 Å². The van der Waals surface area contributed by atoms with Gasteiger partial charge in [-0.3, -0.25) is 20.2 Å². The lowest BCUT2D eigenvalue weighted by Crippen LogP contribution is -2.13. The van der Waals surface area contributed by atoms with Gasteiger partial charge in [-0.25, -0.2) is 0 Å². The molecule has 120 valence electrons. The molecule has 0 N–H and O–H groups in total. The molecule has 2 aromatic carbocycles. The van der Waals surface area contributed by atoms with Gasteiger partial charge in [-0.15, -0.1) is 0 Å². The first-order valence-electron chi connectivity index (χ1n) is 7.47. The maximum atomic E-state index is 11.3. The van der Waals surface area contributed by atoms with Crippen LogP contribution in [0.15, 0.2) is 36.4 Å². The quantitative estimate of drug-likeness (QED) is 0.629. The Morgan fingerprint density at radius 3 is 2.38 bits per heavy atom. The zero-order chi connectivity index (χ0) is 17.3. The van der Waals surface area contributed by atoms with Crippen molar-refractivity contribution >= 4 is 11.4 Å². The van der Waals surface area contributed by atoms with Crippen molar-refractivity contribution in [2.75, 3.05) is 0 Å². The van der Waals surface area contributed by atoms with Crippen LogP contribution in [0, 0.1) is 31.6 Å². The Labute approximate surface area is 137 Å². The van der Waals surface area contributed by atoms with Gasteiger partial charge < -0.3 is 0 Å². The molecular formula is C17H13N3O4.